The highest BCUT2D eigenvalue weighted by Gasteiger charge is 2.11. The predicted octanol–water partition coefficient (Wildman–Crippen LogP) is 2.08. The van der Waals surface area contributed by atoms with Crippen molar-refractivity contribution >= 4 is 41.0 Å². The van der Waals surface area contributed by atoms with Crippen LogP contribution in [0, 0.1) is 0 Å². The standard InChI is InChI=1S/C7H8ClNO2S2/c1-4(2-10)12-7-9-6(8)5(3-11)13-7/h3-4,10H,2H2,1H3. The van der Waals surface area contributed by atoms with Gasteiger partial charge >= 0.3 is 0 Å². The minimum atomic E-state index is 0.0710. The van der Waals surface area contributed by atoms with Gasteiger partial charge in [0, 0.05) is 5.25 Å². The third kappa shape index (κ3) is 2.95. The first-order valence-corrected chi connectivity index (χ1v) is 5.63. The lowest BCUT2D eigenvalue weighted by Crippen LogP contribution is -2.00. The zero-order valence-corrected chi connectivity index (χ0v) is 9.25. The molecule has 1 atom stereocenters. The molecule has 1 heterocycles. The summed E-state index contributed by atoms with van der Waals surface area (Å²) in [6.07, 6.45) is 0.688. The molecular weight excluding hydrogens is 230 g/mol. The molecule has 0 saturated carbocycles. The van der Waals surface area contributed by atoms with Crippen molar-refractivity contribution in [1.82, 2.24) is 4.98 Å². The largest absolute Gasteiger partial charge is 0.395 e. The molecule has 6 heteroatoms. The quantitative estimate of drug-likeness (QED) is 0.644. The topological polar surface area (TPSA) is 50.2 Å². The number of thioether (sulfide) groups is 1. The molecule has 0 bridgehead atoms. The summed E-state index contributed by atoms with van der Waals surface area (Å²) < 4.78 is 0.716. The third-order valence-electron chi connectivity index (χ3n) is 1.26. The molecule has 1 aromatic heterocycles. The van der Waals surface area contributed by atoms with E-state index in [4.69, 9.17) is 16.7 Å². The summed E-state index contributed by atoms with van der Waals surface area (Å²) in [6.45, 7) is 1.96. The summed E-state index contributed by atoms with van der Waals surface area (Å²) >= 11 is 8.32. The van der Waals surface area contributed by atoms with Crippen LogP contribution in [0.3, 0.4) is 0 Å². The second-order valence-electron chi connectivity index (χ2n) is 2.36. The molecule has 0 spiro atoms. The van der Waals surface area contributed by atoms with Gasteiger partial charge in [0.15, 0.2) is 15.8 Å². The lowest BCUT2D eigenvalue weighted by molar-refractivity contribution is 0.112. The molecule has 1 rings (SSSR count). The van der Waals surface area contributed by atoms with Crippen LogP contribution in [0.1, 0.15) is 16.6 Å². The minimum absolute atomic E-state index is 0.0710. The molecule has 1 N–H and O–H groups in total. The molecule has 72 valence electrons. The Hall–Kier alpha value is -0.100. The zero-order chi connectivity index (χ0) is 9.84. The van der Waals surface area contributed by atoms with Crippen molar-refractivity contribution in [2.75, 3.05) is 6.61 Å². The van der Waals surface area contributed by atoms with Crippen molar-refractivity contribution in [3.8, 4) is 0 Å². The van der Waals surface area contributed by atoms with E-state index in [1.807, 2.05) is 6.92 Å². The number of nitrogens with zero attached hydrogens (tertiary/aromatic N) is 1. The molecule has 0 aliphatic carbocycles. The highest BCUT2D eigenvalue weighted by atomic mass is 35.5. The predicted molar refractivity (Wildman–Crippen MR) is 54.9 cm³/mol. The number of hydrogen-bond acceptors (Lipinski definition) is 5. The molecule has 13 heavy (non-hydrogen) atoms. The van der Waals surface area contributed by atoms with Crippen LogP contribution in [-0.2, 0) is 0 Å². The lowest BCUT2D eigenvalue weighted by Gasteiger charge is -2.02. The van der Waals surface area contributed by atoms with Crippen molar-refractivity contribution in [1.29, 1.82) is 0 Å². The number of aliphatic hydroxyl groups is 1. The highest BCUT2D eigenvalue weighted by Crippen LogP contribution is 2.31. The van der Waals surface area contributed by atoms with Crippen LogP contribution < -0.4 is 0 Å². The van der Waals surface area contributed by atoms with Gasteiger partial charge in [0.05, 0.1) is 6.61 Å². The van der Waals surface area contributed by atoms with Gasteiger partial charge in [-0.1, -0.05) is 30.3 Å². The van der Waals surface area contributed by atoms with Gasteiger partial charge in [0.2, 0.25) is 0 Å². The summed E-state index contributed by atoms with van der Waals surface area (Å²) in [5.41, 5.74) is 0. The average molecular weight is 238 g/mol. The Bertz CT molecular complexity index is 303. The number of carbonyl (C=O) groups excluding carboxylic acids is 1. The number of rotatable bonds is 4. The van der Waals surface area contributed by atoms with Gasteiger partial charge in [-0.05, 0) is 0 Å². The summed E-state index contributed by atoms with van der Waals surface area (Å²) in [4.78, 5) is 14.8. The molecular formula is C7H8ClNO2S2. The van der Waals surface area contributed by atoms with Crippen LogP contribution in [0.15, 0.2) is 4.34 Å². The maximum absolute atomic E-state index is 10.4. The maximum Gasteiger partial charge on any atom is 0.163 e. The van der Waals surface area contributed by atoms with Crippen LogP contribution in [0.5, 0.6) is 0 Å². The molecule has 0 aromatic carbocycles. The second kappa shape index (κ2) is 4.95. The van der Waals surface area contributed by atoms with Gasteiger partial charge in [-0.15, -0.1) is 11.3 Å². The summed E-state index contributed by atoms with van der Waals surface area (Å²) in [7, 11) is 0. The molecule has 0 radical (unpaired) electrons. The second-order valence-corrected chi connectivity index (χ2v) is 5.44. The summed E-state index contributed by atoms with van der Waals surface area (Å²) in [5, 5.41) is 9.10. The Morgan fingerprint density at radius 3 is 3.00 bits per heavy atom. The van der Waals surface area contributed by atoms with Crippen LogP contribution >= 0.6 is 34.7 Å². The highest BCUT2D eigenvalue weighted by molar-refractivity contribution is 8.01. The van der Waals surface area contributed by atoms with Crippen LogP contribution in [0.4, 0.5) is 0 Å². The van der Waals surface area contributed by atoms with Gasteiger partial charge < -0.3 is 5.11 Å². The lowest BCUT2D eigenvalue weighted by atomic mass is 10.5. The van der Waals surface area contributed by atoms with Crippen molar-refractivity contribution in [2.24, 2.45) is 0 Å². The van der Waals surface area contributed by atoms with E-state index in [1.165, 1.54) is 23.1 Å². The van der Waals surface area contributed by atoms with Gasteiger partial charge in [0.1, 0.15) is 4.88 Å². The molecule has 0 aliphatic rings. The van der Waals surface area contributed by atoms with Crippen molar-refractivity contribution in [3.05, 3.63) is 10.0 Å². The number of thiazole rings is 1. The fourth-order valence-electron chi connectivity index (χ4n) is 0.627. The number of aliphatic hydroxyl groups excluding tert-OH is 1. The number of aromatic nitrogens is 1. The summed E-state index contributed by atoms with van der Waals surface area (Å²) in [6, 6.07) is 0. The molecule has 1 unspecified atom stereocenters. The first kappa shape index (κ1) is 11.0. The molecule has 0 saturated heterocycles. The van der Waals surface area contributed by atoms with Crippen LogP contribution in [0.25, 0.3) is 0 Å². The smallest absolute Gasteiger partial charge is 0.163 e. The Kier molecular flexibility index (Phi) is 4.18. The number of aldehydes is 1. The number of hydrogen-bond donors (Lipinski definition) is 1. The average Bonchev–Trinajstić information content (AvgIpc) is 2.46. The summed E-state index contributed by atoms with van der Waals surface area (Å²) in [5.74, 6) is 0. The first-order chi connectivity index (χ1) is 6.17. The van der Waals surface area contributed by atoms with Gasteiger partial charge in [0.25, 0.3) is 0 Å². The van der Waals surface area contributed by atoms with E-state index in [0.717, 1.165) is 0 Å². The van der Waals surface area contributed by atoms with E-state index in [1.54, 1.807) is 0 Å². The molecule has 0 fully saturated rings. The zero-order valence-electron chi connectivity index (χ0n) is 6.86. The van der Waals surface area contributed by atoms with E-state index >= 15 is 0 Å². The van der Waals surface area contributed by atoms with Crippen molar-refractivity contribution in [3.63, 3.8) is 0 Å². The van der Waals surface area contributed by atoms with E-state index in [2.05, 4.69) is 4.98 Å². The van der Waals surface area contributed by atoms with Gasteiger partial charge in [-0.2, -0.15) is 0 Å². The van der Waals surface area contributed by atoms with E-state index in [0.29, 0.717) is 15.5 Å². The Balaban J connectivity index is 2.73. The Morgan fingerprint density at radius 2 is 2.54 bits per heavy atom. The molecule has 0 amide bonds. The van der Waals surface area contributed by atoms with Crippen molar-refractivity contribution < 1.29 is 9.90 Å². The maximum atomic E-state index is 10.4. The fourth-order valence-corrected chi connectivity index (χ4v) is 2.99. The Morgan fingerprint density at radius 1 is 1.85 bits per heavy atom. The van der Waals surface area contributed by atoms with E-state index < -0.39 is 0 Å². The molecule has 0 aliphatic heterocycles. The first-order valence-electron chi connectivity index (χ1n) is 3.56. The van der Waals surface area contributed by atoms with Crippen LogP contribution in [-0.4, -0.2) is 28.2 Å². The Labute approximate surface area is 89.1 Å². The van der Waals surface area contributed by atoms with Crippen LogP contribution in [0.2, 0.25) is 5.15 Å². The van der Waals surface area contributed by atoms with Gasteiger partial charge in [-0.25, -0.2) is 4.98 Å². The number of carbonyl (C=O) groups is 1. The van der Waals surface area contributed by atoms with Crippen molar-refractivity contribution in [2.45, 2.75) is 16.5 Å². The molecule has 3 nitrogen and oxygen atoms in total. The minimum Gasteiger partial charge on any atom is -0.395 e. The van der Waals surface area contributed by atoms with Gasteiger partial charge in [-0.3, -0.25) is 4.79 Å². The van der Waals surface area contributed by atoms with E-state index in [9.17, 15) is 4.79 Å². The SMILES string of the molecule is CC(CO)Sc1nc(Cl)c(C=O)s1. The number of halogens is 1. The third-order valence-corrected chi connectivity index (χ3v) is 3.81. The fraction of sp³-hybridized carbons (Fsp3) is 0.429. The molecule has 1 aromatic rings. The normalized spacial score (nSPS) is 12.8. The van der Waals surface area contributed by atoms with E-state index in [-0.39, 0.29) is 17.0 Å². The monoisotopic (exact) mass is 237 g/mol.